The minimum atomic E-state index is -0.536. The van der Waals surface area contributed by atoms with E-state index in [1.54, 1.807) is 0 Å². The highest BCUT2D eigenvalue weighted by Crippen LogP contribution is 2.23. The molecule has 9 heteroatoms. The highest BCUT2D eigenvalue weighted by Gasteiger charge is 2.18. The lowest BCUT2D eigenvalue weighted by molar-refractivity contribution is 0.0528. The molecule has 0 aliphatic heterocycles. The lowest BCUT2D eigenvalue weighted by atomic mass is 10.1. The molecule has 0 bridgehead atoms. The fourth-order valence-electron chi connectivity index (χ4n) is 2.60. The molecule has 0 spiro atoms. The zero-order valence-corrected chi connectivity index (χ0v) is 18.7. The number of benzene rings is 1. The zero-order chi connectivity index (χ0) is 22.3. The van der Waals surface area contributed by atoms with Crippen molar-refractivity contribution in [2.45, 2.75) is 46.1 Å². The fourth-order valence-corrected chi connectivity index (χ4v) is 2.86. The largest absolute Gasteiger partial charge is 0.444 e. The second-order valence-corrected chi connectivity index (χ2v) is 7.95. The molecule has 0 atom stereocenters. The van der Waals surface area contributed by atoms with Crippen molar-refractivity contribution in [3.63, 3.8) is 0 Å². The van der Waals surface area contributed by atoms with Crippen molar-refractivity contribution in [3.05, 3.63) is 46.4 Å². The Balaban J connectivity index is 2.11. The van der Waals surface area contributed by atoms with Gasteiger partial charge in [0.05, 0.1) is 5.69 Å². The van der Waals surface area contributed by atoms with Crippen LogP contribution >= 0.6 is 11.6 Å². The summed E-state index contributed by atoms with van der Waals surface area (Å²) in [7, 11) is 1.53. The monoisotopic (exact) mass is 433 g/mol. The quantitative estimate of drug-likeness (QED) is 0.612. The Morgan fingerprint density at radius 3 is 2.57 bits per heavy atom. The molecule has 0 aliphatic carbocycles. The SMILES string of the molecule is CCc1nc(C(=O)NC)c(Nc2cccc(CCNC(=O)OC(C)(C)C)c2)nc1Cl. The van der Waals surface area contributed by atoms with Crippen molar-refractivity contribution in [1.82, 2.24) is 20.6 Å². The fraction of sp³-hybridized carbons (Fsp3) is 0.429. The Hall–Kier alpha value is -2.87. The topological polar surface area (TPSA) is 105 Å². The number of hydrogen-bond acceptors (Lipinski definition) is 6. The third-order valence-electron chi connectivity index (χ3n) is 3.97. The average molecular weight is 434 g/mol. The van der Waals surface area contributed by atoms with Crippen LogP contribution in [0.1, 0.15) is 49.4 Å². The van der Waals surface area contributed by atoms with Crippen LogP contribution in [-0.4, -0.2) is 41.2 Å². The number of nitrogens with one attached hydrogen (secondary N) is 3. The summed E-state index contributed by atoms with van der Waals surface area (Å²) < 4.78 is 5.23. The summed E-state index contributed by atoms with van der Waals surface area (Å²) in [6.45, 7) is 7.77. The van der Waals surface area contributed by atoms with Gasteiger partial charge >= 0.3 is 6.09 Å². The molecular formula is C21H28ClN5O3. The number of halogens is 1. The van der Waals surface area contributed by atoms with Crippen LogP contribution in [0, 0.1) is 0 Å². The van der Waals surface area contributed by atoms with Crippen LogP contribution in [0.3, 0.4) is 0 Å². The van der Waals surface area contributed by atoms with Gasteiger partial charge in [0.1, 0.15) is 5.60 Å². The van der Waals surface area contributed by atoms with Gasteiger partial charge in [-0.2, -0.15) is 0 Å². The molecule has 0 aliphatic rings. The van der Waals surface area contributed by atoms with Gasteiger partial charge in [0, 0.05) is 19.3 Å². The molecule has 1 aromatic heterocycles. The van der Waals surface area contributed by atoms with E-state index in [0.29, 0.717) is 25.1 Å². The zero-order valence-electron chi connectivity index (χ0n) is 17.9. The number of hydrogen-bond donors (Lipinski definition) is 3. The standard InChI is InChI=1S/C21H28ClN5O3/c1-6-15-17(22)27-18(16(26-15)19(28)23-5)25-14-9-7-8-13(12-14)10-11-24-20(29)30-21(2,3)4/h7-9,12H,6,10-11H2,1-5H3,(H,23,28)(H,24,29)(H,25,27). The molecule has 0 radical (unpaired) electrons. The van der Waals surface area contributed by atoms with E-state index in [1.165, 1.54) is 7.05 Å². The van der Waals surface area contributed by atoms with Crippen molar-refractivity contribution >= 4 is 35.1 Å². The second kappa shape index (κ2) is 10.2. The summed E-state index contributed by atoms with van der Waals surface area (Å²) in [4.78, 5) is 32.6. The van der Waals surface area contributed by atoms with E-state index in [0.717, 1.165) is 11.3 Å². The van der Waals surface area contributed by atoms with Crippen molar-refractivity contribution in [3.8, 4) is 0 Å². The molecule has 1 heterocycles. The smallest absolute Gasteiger partial charge is 0.407 e. The first-order chi connectivity index (χ1) is 14.1. The number of ether oxygens (including phenoxy) is 1. The van der Waals surface area contributed by atoms with Crippen LogP contribution < -0.4 is 16.0 Å². The van der Waals surface area contributed by atoms with Gasteiger partial charge < -0.3 is 20.7 Å². The Morgan fingerprint density at radius 1 is 1.20 bits per heavy atom. The van der Waals surface area contributed by atoms with E-state index in [2.05, 4.69) is 25.9 Å². The maximum Gasteiger partial charge on any atom is 0.407 e. The lowest BCUT2D eigenvalue weighted by Crippen LogP contribution is -2.33. The summed E-state index contributed by atoms with van der Waals surface area (Å²) in [5, 5.41) is 8.68. The number of nitrogens with zero attached hydrogens (tertiary/aromatic N) is 2. The summed E-state index contributed by atoms with van der Waals surface area (Å²) in [5.74, 6) is -0.0744. The van der Waals surface area contributed by atoms with E-state index in [-0.39, 0.29) is 22.6 Å². The number of anilines is 2. The van der Waals surface area contributed by atoms with Gasteiger partial charge in [-0.15, -0.1) is 0 Å². The van der Waals surface area contributed by atoms with Crippen LogP contribution in [0.4, 0.5) is 16.3 Å². The highest BCUT2D eigenvalue weighted by atomic mass is 35.5. The first kappa shape index (κ1) is 23.4. The predicted octanol–water partition coefficient (Wildman–Crippen LogP) is 3.86. The minimum absolute atomic E-state index is 0.177. The van der Waals surface area contributed by atoms with Gasteiger partial charge in [-0.3, -0.25) is 4.79 Å². The highest BCUT2D eigenvalue weighted by molar-refractivity contribution is 6.30. The number of carbonyl (C=O) groups excluding carboxylic acids is 2. The number of aryl methyl sites for hydroxylation is 1. The Morgan fingerprint density at radius 2 is 1.93 bits per heavy atom. The maximum absolute atomic E-state index is 12.2. The summed E-state index contributed by atoms with van der Waals surface area (Å²) in [6.07, 6.45) is 0.724. The molecule has 3 N–H and O–H groups in total. The van der Waals surface area contributed by atoms with E-state index >= 15 is 0 Å². The van der Waals surface area contributed by atoms with Crippen LogP contribution in [-0.2, 0) is 17.6 Å². The molecular weight excluding hydrogens is 406 g/mol. The second-order valence-electron chi connectivity index (χ2n) is 7.60. The third-order valence-corrected chi connectivity index (χ3v) is 4.27. The molecule has 0 saturated carbocycles. The summed E-state index contributed by atoms with van der Waals surface area (Å²) >= 11 is 6.19. The van der Waals surface area contributed by atoms with Gasteiger partial charge in [0.15, 0.2) is 16.7 Å². The van der Waals surface area contributed by atoms with Crippen LogP contribution in [0.5, 0.6) is 0 Å². The third kappa shape index (κ3) is 6.88. The van der Waals surface area contributed by atoms with E-state index in [1.807, 2.05) is 52.0 Å². The first-order valence-corrected chi connectivity index (χ1v) is 10.1. The van der Waals surface area contributed by atoms with E-state index in [4.69, 9.17) is 16.3 Å². The number of alkyl carbamates (subject to hydrolysis) is 1. The molecule has 162 valence electrons. The number of amides is 2. The lowest BCUT2D eigenvalue weighted by Gasteiger charge is -2.19. The van der Waals surface area contributed by atoms with Crippen molar-refractivity contribution in [2.24, 2.45) is 0 Å². The van der Waals surface area contributed by atoms with Gasteiger partial charge in [-0.1, -0.05) is 30.7 Å². The Bertz CT molecular complexity index is 912. The molecule has 2 rings (SSSR count). The molecule has 2 amide bonds. The molecule has 0 saturated heterocycles. The maximum atomic E-state index is 12.2. The van der Waals surface area contributed by atoms with Crippen LogP contribution in [0.15, 0.2) is 24.3 Å². The van der Waals surface area contributed by atoms with E-state index < -0.39 is 11.7 Å². The summed E-state index contributed by atoms with van der Waals surface area (Å²) in [6, 6.07) is 7.58. The van der Waals surface area contributed by atoms with Gasteiger partial charge in [0.2, 0.25) is 0 Å². The van der Waals surface area contributed by atoms with Crippen molar-refractivity contribution in [2.75, 3.05) is 18.9 Å². The molecule has 1 aromatic carbocycles. The van der Waals surface area contributed by atoms with Gasteiger partial charge in [0.25, 0.3) is 5.91 Å². The number of carbonyl (C=O) groups is 2. The minimum Gasteiger partial charge on any atom is -0.444 e. The summed E-state index contributed by atoms with van der Waals surface area (Å²) in [5.41, 5.74) is 1.91. The van der Waals surface area contributed by atoms with Crippen molar-refractivity contribution < 1.29 is 14.3 Å². The molecule has 0 unspecified atom stereocenters. The molecule has 30 heavy (non-hydrogen) atoms. The molecule has 0 fully saturated rings. The van der Waals surface area contributed by atoms with Crippen molar-refractivity contribution in [1.29, 1.82) is 0 Å². The van der Waals surface area contributed by atoms with Crippen LogP contribution in [0.25, 0.3) is 0 Å². The predicted molar refractivity (Wildman–Crippen MR) is 117 cm³/mol. The van der Waals surface area contributed by atoms with Crippen LogP contribution in [0.2, 0.25) is 5.15 Å². The normalized spacial score (nSPS) is 11.0. The molecule has 8 nitrogen and oxygen atoms in total. The van der Waals surface area contributed by atoms with E-state index in [9.17, 15) is 9.59 Å². The Kier molecular flexibility index (Phi) is 8.00. The Labute approximate surface area is 181 Å². The molecule has 2 aromatic rings. The average Bonchev–Trinajstić information content (AvgIpc) is 2.66. The van der Waals surface area contributed by atoms with Gasteiger partial charge in [-0.05, 0) is 51.3 Å². The van der Waals surface area contributed by atoms with Gasteiger partial charge in [-0.25, -0.2) is 14.8 Å². The number of rotatable bonds is 7. The number of aromatic nitrogens is 2. The first-order valence-electron chi connectivity index (χ1n) is 9.74.